The lowest BCUT2D eigenvalue weighted by Crippen LogP contribution is -2.39. The van der Waals surface area contributed by atoms with Crippen LogP contribution in [0, 0.1) is 5.92 Å². The van der Waals surface area contributed by atoms with Crippen molar-refractivity contribution in [1.82, 2.24) is 10.3 Å². The van der Waals surface area contributed by atoms with Crippen molar-refractivity contribution < 1.29 is 4.79 Å². The second-order valence-electron chi connectivity index (χ2n) is 4.12. The first kappa shape index (κ1) is 12.8. The van der Waals surface area contributed by atoms with Crippen molar-refractivity contribution in [3.8, 4) is 0 Å². The summed E-state index contributed by atoms with van der Waals surface area (Å²) in [6.45, 7) is 4.02. The Balaban J connectivity index is 2.66. The van der Waals surface area contributed by atoms with Gasteiger partial charge in [-0.2, -0.15) is 0 Å². The molecule has 0 aliphatic carbocycles. The molecule has 0 aliphatic heterocycles. The third-order valence-corrected chi connectivity index (χ3v) is 2.95. The summed E-state index contributed by atoms with van der Waals surface area (Å²) in [4.78, 5) is 16.1. The van der Waals surface area contributed by atoms with Crippen molar-refractivity contribution in [2.45, 2.75) is 32.7 Å². The molecule has 1 aromatic heterocycles. The summed E-state index contributed by atoms with van der Waals surface area (Å²) in [7, 11) is 1.83. The third-order valence-electron chi connectivity index (χ3n) is 2.95. The number of hydrogen-bond acceptors (Lipinski definition) is 3. The molecular weight excluding hydrogens is 200 g/mol. The van der Waals surface area contributed by atoms with E-state index in [1.807, 2.05) is 39.2 Å². The van der Waals surface area contributed by atoms with E-state index in [9.17, 15) is 4.79 Å². The van der Waals surface area contributed by atoms with Gasteiger partial charge in [0.05, 0.1) is 6.04 Å². The maximum atomic E-state index is 12.0. The average Bonchev–Trinajstić information content (AvgIpc) is 2.35. The van der Waals surface area contributed by atoms with Crippen molar-refractivity contribution >= 4 is 5.78 Å². The number of hydrogen-bond donors (Lipinski definition) is 1. The van der Waals surface area contributed by atoms with Gasteiger partial charge in [0.1, 0.15) is 0 Å². The molecule has 88 valence electrons. The molecule has 0 bridgehead atoms. The minimum atomic E-state index is -0.0980. The zero-order chi connectivity index (χ0) is 12.0. The molecular formula is C13H20N2O. The standard InChI is InChI=1S/C13H20N2O/c1-4-10(2)13(16)12(14-3)8-11-6-5-7-15-9-11/h5-7,9-10,12,14H,4,8H2,1-3H3. The molecule has 0 amide bonds. The Morgan fingerprint density at radius 3 is 2.81 bits per heavy atom. The van der Waals surface area contributed by atoms with Gasteiger partial charge >= 0.3 is 0 Å². The van der Waals surface area contributed by atoms with Gasteiger partial charge < -0.3 is 5.32 Å². The molecule has 2 unspecified atom stereocenters. The molecule has 0 spiro atoms. The van der Waals surface area contributed by atoms with Crippen molar-refractivity contribution in [3.63, 3.8) is 0 Å². The monoisotopic (exact) mass is 220 g/mol. The maximum Gasteiger partial charge on any atom is 0.152 e. The SMILES string of the molecule is CCC(C)C(=O)C(Cc1cccnc1)NC. The van der Waals surface area contributed by atoms with Gasteiger partial charge in [-0.3, -0.25) is 9.78 Å². The number of Topliss-reactive ketones (excluding diaryl/α,β-unsaturated/α-hetero) is 1. The van der Waals surface area contributed by atoms with Crippen LogP contribution in [0.25, 0.3) is 0 Å². The molecule has 1 aromatic rings. The van der Waals surface area contributed by atoms with Crippen LogP contribution in [0.3, 0.4) is 0 Å². The van der Waals surface area contributed by atoms with Crippen molar-refractivity contribution in [3.05, 3.63) is 30.1 Å². The summed E-state index contributed by atoms with van der Waals surface area (Å²) < 4.78 is 0. The second-order valence-corrected chi connectivity index (χ2v) is 4.12. The molecule has 0 fully saturated rings. The number of aromatic nitrogens is 1. The van der Waals surface area contributed by atoms with Crippen LogP contribution in [0.1, 0.15) is 25.8 Å². The Labute approximate surface area is 97.3 Å². The number of likely N-dealkylation sites (N-methyl/N-ethyl adjacent to an activating group) is 1. The van der Waals surface area contributed by atoms with Gasteiger partial charge in [-0.05, 0) is 31.5 Å². The van der Waals surface area contributed by atoms with E-state index in [1.54, 1.807) is 6.20 Å². The molecule has 0 aliphatic rings. The van der Waals surface area contributed by atoms with E-state index in [-0.39, 0.29) is 17.7 Å². The number of carbonyl (C=O) groups excluding carboxylic acids is 1. The third kappa shape index (κ3) is 3.42. The van der Waals surface area contributed by atoms with Gasteiger partial charge in [0.25, 0.3) is 0 Å². The zero-order valence-corrected chi connectivity index (χ0v) is 10.2. The van der Waals surface area contributed by atoms with Crippen LogP contribution in [0.15, 0.2) is 24.5 Å². The Hall–Kier alpha value is -1.22. The topological polar surface area (TPSA) is 42.0 Å². The first-order valence-corrected chi connectivity index (χ1v) is 5.79. The summed E-state index contributed by atoms with van der Waals surface area (Å²) in [5.74, 6) is 0.406. The first-order chi connectivity index (χ1) is 7.69. The summed E-state index contributed by atoms with van der Waals surface area (Å²) in [6.07, 6.45) is 5.17. The number of nitrogens with one attached hydrogen (secondary N) is 1. The summed E-state index contributed by atoms with van der Waals surface area (Å²) in [6, 6.07) is 3.80. The average molecular weight is 220 g/mol. The van der Waals surface area contributed by atoms with E-state index in [0.717, 1.165) is 12.0 Å². The fourth-order valence-electron chi connectivity index (χ4n) is 1.64. The molecule has 16 heavy (non-hydrogen) atoms. The van der Waals surface area contributed by atoms with Crippen LogP contribution in [0.4, 0.5) is 0 Å². The van der Waals surface area contributed by atoms with Crippen LogP contribution in [-0.4, -0.2) is 23.9 Å². The molecule has 1 heterocycles. The van der Waals surface area contributed by atoms with E-state index in [4.69, 9.17) is 0 Å². The smallest absolute Gasteiger partial charge is 0.152 e. The fourth-order valence-corrected chi connectivity index (χ4v) is 1.64. The van der Waals surface area contributed by atoms with Crippen LogP contribution < -0.4 is 5.32 Å². The molecule has 1 N–H and O–H groups in total. The van der Waals surface area contributed by atoms with Gasteiger partial charge in [0.15, 0.2) is 5.78 Å². The lowest BCUT2D eigenvalue weighted by molar-refractivity contribution is -0.124. The van der Waals surface area contributed by atoms with Crippen molar-refractivity contribution in [2.75, 3.05) is 7.05 Å². The second kappa shape index (κ2) is 6.38. The molecule has 2 atom stereocenters. The van der Waals surface area contributed by atoms with E-state index >= 15 is 0 Å². The minimum Gasteiger partial charge on any atom is -0.310 e. The highest BCUT2D eigenvalue weighted by atomic mass is 16.1. The Morgan fingerprint density at radius 1 is 1.56 bits per heavy atom. The number of pyridine rings is 1. The van der Waals surface area contributed by atoms with Crippen molar-refractivity contribution in [1.29, 1.82) is 0 Å². The molecule has 3 heteroatoms. The molecule has 1 rings (SSSR count). The highest BCUT2D eigenvalue weighted by Gasteiger charge is 2.21. The van der Waals surface area contributed by atoms with Crippen LogP contribution in [0.5, 0.6) is 0 Å². The Kier molecular flexibility index (Phi) is 5.12. The molecule has 0 aromatic carbocycles. The van der Waals surface area contributed by atoms with E-state index in [0.29, 0.717) is 6.42 Å². The molecule has 0 saturated carbocycles. The lowest BCUT2D eigenvalue weighted by Gasteiger charge is -2.18. The zero-order valence-electron chi connectivity index (χ0n) is 10.2. The van der Waals surface area contributed by atoms with Gasteiger partial charge in [-0.1, -0.05) is 19.9 Å². The predicted octanol–water partition coefficient (Wildman–Crippen LogP) is 1.83. The lowest BCUT2D eigenvalue weighted by atomic mass is 9.94. The molecule has 0 saturated heterocycles. The Morgan fingerprint density at radius 2 is 2.31 bits per heavy atom. The van der Waals surface area contributed by atoms with Crippen LogP contribution in [-0.2, 0) is 11.2 Å². The molecule has 0 radical (unpaired) electrons. The molecule has 3 nitrogen and oxygen atoms in total. The number of carbonyl (C=O) groups is 1. The van der Waals surface area contributed by atoms with E-state index in [2.05, 4.69) is 10.3 Å². The van der Waals surface area contributed by atoms with Gasteiger partial charge in [-0.15, -0.1) is 0 Å². The first-order valence-electron chi connectivity index (χ1n) is 5.79. The summed E-state index contributed by atoms with van der Waals surface area (Å²) in [5.41, 5.74) is 1.10. The fraction of sp³-hybridized carbons (Fsp3) is 0.538. The number of nitrogens with zero attached hydrogens (tertiary/aromatic N) is 1. The van der Waals surface area contributed by atoms with Crippen LogP contribution >= 0.6 is 0 Å². The summed E-state index contributed by atoms with van der Waals surface area (Å²) in [5, 5.41) is 3.09. The summed E-state index contributed by atoms with van der Waals surface area (Å²) >= 11 is 0. The highest BCUT2D eigenvalue weighted by Crippen LogP contribution is 2.09. The van der Waals surface area contributed by atoms with Gasteiger partial charge in [0, 0.05) is 18.3 Å². The van der Waals surface area contributed by atoms with E-state index < -0.39 is 0 Å². The Bertz CT molecular complexity index is 324. The highest BCUT2D eigenvalue weighted by molar-refractivity contribution is 5.86. The van der Waals surface area contributed by atoms with Crippen LogP contribution in [0.2, 0.25) is 0 Å². The van der Waals surface area contributed by atoms with Gasteiger partial charge in [-0.25, -0.2) is 0 Å². The largest absolute Gasteiger partial charge is 0.310 e. The van der Waals surface area contributed by atoms with Crippen molar-refractivity contribution in [2.24, 2.45) is 5.92 Å². The quantitative estimate of drug-likeness (QED) is 0.795. The van der Waals surface area contributed by atoms with E-state index in [1.165, 1.54) is 0 Å². The number of ketones is 1. The predicted molar refractivity (Wildman–Crippen MR) is 65.3 cm³/mol. The maximum absolute atomic E-state index is 12.0. The minimum absolute atomic E-state index is 0.0980. The van der Waals surface area contributed by atoms with Gasteiger partial charge in [0.2, 0.25) is 0 Å². The normalized spacial score (nSPS) is 14.4. The number of rotatable bonds is 6.